The van der Waals surface area contributed by atoms with Crippen LogP contribution in [0.25, 0.3) is 20.6 Å². The summed E-state index contributed by atoms with van der Waals surface area (Å²) in [7, 11) is 0. The van der Waals surface area contributed by atoms with E-state index in [1.54, 1.807) is 46.4 Å². The summed E-state index contributed by atoms with van der Waals surface area (Å²) >= 11 is 7.17. The number of aromatic nitrogens is 1. The summed E-state index contributed by atoms with van der Waals surface area (Å²) in [5, 5.41) is 1.26. The Hall–Kier alpha value is -2.09. The van der Waals surface area contributed by atoms with Gasteiger partial charge in [0.25, 0.3) is 5.56 Å². The van der Waals surface area contributed by atoms with Gasteiger partial charge in [-0.1, -0.05) is 35.3 Å². The minimum atomic E-state index is -0.0705. The van der Waals surface area contributed by atoms with Gasteiger partial charge < -0.3 is 0 Å². The van der Waals surface area contributed by atoms with Gasteiger partial charge in [-0.3, -0.25) is 4.79 Å². The first kappa shape index (κ1) is 12.0. The van der Waals surface area contributed by atoms with Crippen molar-refractivity contribution in [2.24, 2.45) is 0 Å². The predicted octanol–water partition coefficient (Wildman–Crippen LogP) is 4.26. The molecule has 92 valence electrons. The number of hydrogen-bond acceptors (Lipinski definition) is 2. The molecule has 0 aliphatic rings. The van der Waals surface area contributed by atoms with Gasteiger partial charge >= 0.3 is 0 Å². The Kier molecular flexibility index (Phi) is 2.86. The van der Waals surface area contributed by atoms with Crippen LogP contribution < -0.4 is 5.56 Å². The Bertz CT molecular complexity index is 856. The number of fused-ring (bicyclic) bond motifs is 1. The van der Waals surface area contributed by atoms with E-state index in [4.69, 9.17) is 18.2 Å². The highest BCUT2D eigenvalue weighted by molar-refractivity contribution is 7.14. The molecule has 2 aromatic carbocycles. The van der Waals surface area contributed by atoms with E-state index in [9.17, 15) is 4.79 Å². The van der Waals surface area contributed by atoms with Crippen molar-refractivity contribution in [1.82, 2.24) is 3.96 Å². The maximum absolute atomic E-state index is 12.3. The van der Waals surface area contributed by atoms with Crippen LogP contribution in [0.5, 0.6) is 0 Å². The van der Waals surface area contributed by atoms with Crippen LogP contribution in [0.4, 0.5) is 5.69 Å². The molecule has 0 saturated carbocycles. The molecule has 5 heteroatoms. The van der Waals surface area contributed by atoms with Crippen LogP contribution in [0.15, 0.2) is 47.3 Å². The van der Waals surface area contributed by atoms with Crippen LogP contribution in [0.3, 0.4) is 0 Å². The molecule has 0 unspecified atom stereocenters. The predicted molar refractivity (Wildman–Crippen MR) is 78.7 cm³/mol. The fourth-order valence-corrected chi connectivity index (χ4v) is 2.99. The lowest BCUT2D eigenvalue weighted by Gasteiger charge is -1.99. The quantitative estimate of drug-likeness (QED) is 0.614. The molecule has 0 atom stereocenters. The zero-order valence-corrected chi connectivity index (χ0v) is 11.2. The summed E-state index contributed by atoms with van der Waals surface area (Å²) in [6.45, 7) is 7.00. The summed E-state index contributed by atoms with van der Waals surface area (Å²) in [5.74, 6) is 0. The first-order chi connectivity index (χ1) is 9.19. The SMILES string of the molecule is [C-]#[N+]c1ccc2c(=O)n(-c3ccc(Cl)cc3)sc2c1. The molecular formula is C14H7ClN2OS. The fraction of sp³-hybridized carbons (Fsp3) is 0. The molecule has 0 saturated heterocycles. The number of benzene rings is 2. The van der Waals surface area contributed by atoms with E-state index < -0.39 is 0 Å². The van der Waals surface area contributed by atoms with Crippen LogP contribution in [0, 0.1) is 6.57 Å². The molecule has 0 bridgehead atoms. The first-order valence-corrected chi connectivity index (χ1v) is 6.63. The molecule has 1 aromatic heterocycles. The van der Waals surface area contributed by atoms with Crippen molar-refractivity contribution in [3.63, 3.8) is 0 Å². The van der Waals surface area contributed by atoms with E-state index in [1.807, 2.05) is 0 Å². The zero-order chi connectivity index (χ0) is 13.4. The van der Waals surface area contributed by atoms with Crippen molar-refractivity contribution >= 4 is 38.9 Å². The molecule has 0 amide bonds. The topological polar surface area (TPSA) is 26.4 Å². The van der Waals surface area contributed by atoms with Gasteiger partial charge in [-0.25, -0.2) is 8.80 Å². The Morgan fingerprint density at radius 3 is 2.58 bits per heavy atom. The zero-order valence-electron chi connectivity index (χ0n) is 9.63. The van der Waals surface area contributed by atoms with E-state index in [0.717, 1.165) is 10.4 Å². The highest BCUT2D eigenvalue weighted by Gasteiger charge is 2.09. The van der Waals surface area contributed by atoms with Crippen LogP contribution in [-0.4, -0.2) is 3.96 Å². The molecule has 0 N–H and O–H groups in total. The van der Waals surface area contributed by atoms with Crippen LogP contribution in [0.1, 0.15) is 0 Å². The Balaban J connectivity index is 2.25. The van der Waals surface area contributed by atoms with Gasteiger partial charge in [-0.2, -0.15) is 0 Å². The van der Waals surface area contributed by atoms with Crippen molar-refractivity contribution in [3.8, 4) is 5.69 Å². The van der Waals surface area contributed by atoms with Crippen molar-refractivity contribution in [1.29, 1.82) is 0 Å². The van der Waals surface area contributed by atoms with E-state index in [2.05, 4.69) is 4.85 Å². The smallest absolute Gasteiger partial charge is 0.267 e. The molecule has 0 spiro atoms. The number of nitrogens with zero attached hydrogens (tertiary/aromatic N) is 2. The normalized spacial score (nSPS) is 10.5. The Morgan fingerprint density at radius 1 is 1.16 bits per heavy atom. The van der Waals surface area contributed by atoms with Gasteiger partial charge in [0.05, 0.1) is 17.6 Å². The number of halogens is 1. The second-order valence-corrected chi connectivity index (χ2v) is 5.38. The van der Waals surface area contributed by atoms with Crippen molar-refractivity contribution in [2.75, 3.05) is 0 Å². The van der Waals surface area contributed by atoms with Crippen molar-refractivity contribution in [3.05, 3.63) is 69.3 Å². The van der Waals surface area contributed by atoms with Crippen LogP contribution in [-0.2, 0) is 0 Å². The molecule has 0 fully saturated rings. The minimum Gasteiger partial charge on any atom is -0.267 e. The van der Waals surface area contributed by atoms with Crippen LogP contribution in [0.2, 0.25) is 5.02 Å². The third kappa shape index (κ3) is 2.03. The maximum Gasteiger partial charge on any atom is 0.273 e. The third-order valence-corrected chi connectivity index (χ3v) is 4.11. The van der Waals surface area contributed by atoms with Gasteiger partial charge in [0, 0.05) is 9.72 Å². The van der Waals surface area contributed by atoms with Crippen LogP contribution >= 0.6 is 23.1 Å². The average molecular weight is 287 g/mol. The summed E-state index contributed by atoms with van der Waals surface area (Å²) in [5.41, 5.74) is 1.25. The lowest BCUT2D eigenvalue weighted by atomic mass is 10.2. The molecule has 3 nitrogen and oxygen atoms in total. The van der Waals surface area contributed by atoms with Gasteiger partial charge in [0.2, 0.25) is 0 Å². The molecular weight excluding hydrogens is 280 g/mol. The lowest BCUT2D eigenvalue weighted by molar-refractivity contribution is 1.14. The molecule has 3 aromatic rings. The second kappa shape index (κ2) is 4.54. The molecule has 0 radical (unpaired) electrons. The third-order valence-electron chi connectivity index (χ3n) is 2.76. The summed E-state index contributed by atoms with van der Waals surface area (Å²) < 4.78 is 2.42. The van der Waals surface area contributed by atoms with Gasteiger partial charge in [0.1, 0.15) is 0 Å². The average Bonchev–Trinajstić information content (AvgIpc) is 2.76. The maximum atomic E-state index is 12.3. The molecule has 0 aliphatic carbocycles. The monoisotopic (exact) mass is 286 g/mol. The second-order valence-electron chi connectivity index (χ2n) is 3.96. The van der Waals surface area contributed by atoms with Gasteiger partial charge in [-0.15, -0.1) is 0 Å². The van der Waals surface area contributed by atoms with Crippen molar-refractivity contribution in [2.45, 2.75) is 0 Å². The van der Waals surface area contributed by atoms with E-state index in [-0.39, 0.29) is 5.56 Å². The number of hydrogen-bond donors (Lipinski definition) is 0. The summed E-state index contributed by atoms with van der Waals surface area (Å²) in [6.07, 6.45) is 0. The highest BCUT2D eigenvalue weighted by atomic mass is 35.5. The van der Waals surface area contributed by atoms with Gasteiger partial charge in [-0.05, 0) is 30.3 Å². The largest absolute Gasteiger partial charge is 0.273 e. The molecule has 19 heavy (non-hydrogen) atoms. The Labute approximate surface area is 118 Å². The first-order valence-electron chi connectivity index (χ1n) is 5.48. The molecule has 1 heterocycles. The van der Waals surface area contributed by atoms with Gasteiger partial charge in [0.15, 0.2) is 5.69 Å². The van der Waals surface area contributed by atoms with E-state index in [1.165, 1.54) is 11.5 Å². The minimum absolute atomic E-state index is 0.0705. The van der Waals surface area contributed by atoms with E-state index in [0.29, 0.717) is 16.1 Å². The number of rotatable bonds is 1. The lowest BCUT2D eigenvalue weighted by Crippen LogP contribution is -2.10. The standard InChI is InChI=1S/C14H7ClN2OS/c1-16-10-4-7-12-13(8-10)19-17(14(12)18)11-5-2-9(15)3-6-11/h2-8H. The van der Waals surface area contributed by atoms with E-state index >= 15 is 0 Å². The fourth-order valence-electron chi connectivity index (χ4n) is 1.83. The highest BCUT2D eigenvalue weighted by Crippen LogP contribution is 2.25. The Morgan fingerprint density at radius 2 is 1.89 bits per heavy atom. The summed E-state index contributed by atoms with van der Waals surface area (Å²) in [4.78, 5) is 15.6. The molecule has 0 aliphatic heterocycles. The summed E-state index contributed by atoms with van der Waals surface area (Å²) in [6, 6.07) is 12.2. The van der Waals surface area contributed by atoms with Crippen molar-refractivity contribution < 1.29 is 0 Å². The molecule has 3 rings (SSSR count).